The number of benzene rings is 2. The van der Waals surface area contributed by atoms with E-state index in [4.69, 9.17) is 37.4 Å². The van der Waals surface area contributed by atoms with E-state index in [0.29, 0.717) is 34.8 Å². The molecule has 3 rings (SSSR count). The summed E-state index contributed by atoms with van der Waals surface area (Å²) in [5, 5.41) is 3.92. The third-order valence-electron chi connectivity index (χ3n) is 3.48. The molecule has 0 amide bonds. The molecule has 7 heteroatoms. The second-order valence-electron chi connectivity index (χ2n) is 5.34. The lowest BCUT2D eigenvalue weighted by Crippen LogP contribution is -1.96. The molecular formula is C19H17Cl2NO3S. The van der Waals surface area contributed by atoms with Crippen LogP contribution in [0.1, 0.15) is 12.6 Å². The van der Waals surface area contributed by atoms with Gasteiger partial charge in [-0.1, -0.05) is 23.2 Å². The van der Waals surface area contributed by atoms with Gasteiger partial charge in [-0.05, 0) is 43.3 Å². The van der Waals surface area contributed by atoms with Crippen molar-refractivity contribution >= 4 is 34.5 Å². The molecule has 0 aliphatic rings. The van der Waals surface area contributed by atoms with E-state index in [1.165, 1.54) is 0 Å². The van der Waals surface area contributed by atoms with Gasteiger partial charge in [0.15, 0.2) is 11.5 Å². The van der Waals surface area contributed by atoms with Crippen molar-refractivity contribution in [3.8, 4) is 27.8 Å². The molecule has 0 aliphatic carbocycles. The maximum absolute atomic E-state index is 5.98. The molecular weight excluding hydrogens is 393 g/mol. The van der Waals surface area contributed by atoms with Gasteiger partial charge in [0.05, 0.1) is 19.4 Å². The van der Waals surface area contributed by atoms with Crippen molar-refractivity contribution < 1.29 is 14.2 Å². The van der Waals surface area contributed by atoms with E-state index in [1.807, 2.05) is 30.5 Å². The predicted molar refractivity (Wildman–Crippen MR) is 106 cm³/mol. The third kappa shape index (κ3) is 4.61. The summed E-state index contributed by atoms with van der Waals surface area (Å²) in [6, 6.07) is 10.9. The smallest absolute Gasteiger partial charge is 0.161 e. The van der Waals surface area contributed by atoms with Crippen LogP contribution in [0, 0.1) is 0 Å². The van der Waals surface area contributed by atoms with Gasteiger partial charge >= 0.3 is 0 Å². The molecule has 0 spiro atoms. The van der Waals surface area contributed by atoms with Crippen molar-refractivity contribution in [2.45, 2.75) is 13.5 Å². The fourth-order valence-electron chi connectivity index (χ4n) is 2.35. The van der Waals surface area contributed by atoms with Gasteiger partial charge in [0.1, 0.15) is 17.4 Å². The average molecular weight is 410 g/mol. The minimum Gasteiger partial charge on any atom is -0.493 e. The molecule has 0 saturated heterocycles. The molecule has 0 N–H and O–H groups in total. The molecule has 136 valence electrons. The van der Waals surface area contributed by atoms with Gasteiger partial charge in [0, 0.05) is 21.0 Å². The van der Waals surface area contributed by atoms with Crippen molar-refractivity contribution in [3.05, 3.63) is 57.5 Å². The largest absolute Gasteiger partial charge is 0.493 e. The Morgan fingerprint density at radius 3 is 2.46 bits per heavy atom. The molecule has 0 unspecified atom stereocenters. The monoisotopic (exact) mass is 409 g/mol. The van der Waals surface area contributed by atoms with Gasteiger partial charge in [-0.25, -0.2) is 4.98 Å². The highest BCUT2D eigenvalue weighted by Gasteiger charge is 2.10. The summed E-state index contributed by atoms with van der Waals surface area (Å²) in [5.41, 5.74) is 1.79. The number of hydrogen-bond acceptors (Lipinski definition) is 5. The first kappa shape index (κ1) is 18.8. The maximum atomic E-state index is 5.98. The molecule has 0 saturated carbocycles. The van der Waals surface area contributed by atoms with E-state index in [1.54, 1.807) is 36.6 Å². The lowest BCUT2D eigenvalue weighted by molar-refractivity contribution is 0.302. The highest BCUT2D eigenvalue weighted by atomic mass is 35.5. The molecule has 1 heterocycles. The maximum Gasteiger partial charge on any atom is 0.161 e. The SMILES string of the molecule is CCOc1ccc(-c2nc(COc3cc(Cl)cc(Cl)c3)cs2)cc1OC. The summed E-state index contributed by atoms with van der Waals surface area (Å²) in [5.74, 6) is 2.02. The van der Waals surface area contributed by atoms with Crippen molar-refractivity contribution in [2.24, 2.45) is 0 Å². The van der Waals surface area contributed by atoms with Crippen LogP contribution >= 0.6 is 34.5 Å². The number of nitrogens with zero attached hydrogens (tertiary/aromatic N) is 1. The van der Waals surface area contributed by atoms with Crippen LogP contribution in [0.4, 0.5) is 0 Å². The normalized spacial score (nSPS) is 10.6. The Morgan fingerprint density at radius 2 is 1.77 bits per heavy atom. The summed E-state index contributed by atoms with van der Waals surface area (Å²) in [4.78, 5) is 4.62. The highest BCUT2D eigenvalue weighted by molar-refractivity contribution is 7.13. The van der Waals surface area contributed by atoms with Gasteiger partial charge < -0.3 is 14.2 Å². The minimum atomic E-state index is 0.335. The molecule has 0 atom stereocenters. The van der Waals surface area contributed by atoms with Gasteiger partial charge in [0.2, 0.25) is 0 Å². The van der Waals surface area contributed by atoms with E-state index in [9.17, 15) is 0 Å². The van der Waals surface area contributed by atoms with Crippen LogP contribution in [-0.4, -0.2) is 18.7 Å². The van der Waals surface area contributed by atoms with E-state index in [2.05, 4.69) is 4.98 Å². The zero-order chi connectivity index (χ0) is 18.5. The first-order valence-corrected chi connectivity index (χ1v) is 9.57. The van der Waals surface area contributed by atoms with E-state index in [0.717, 1.165) is 22.0 Å². The molecule has 2 aromatic carbocycles. The molecule has 3 aromatic rings. The fraction of sp³-hybridized carbons (Fsp3) is 0.211. The van der Waals surface area contributed by atoms with Crippen molar-refractivity contribution in [1.29, 1.82) is 0 Å². The quantitative estimate of drug-likeness (QED) is 0.472. The first-order valence-electron chi connectivity index (χ1n) is 7.93. The Morgan fingerprint density at radius 1 is 1.00 bits per heavy atom. The van der Waals surface area contributed by atoms with Gasteiger partial charge in [0.25, 0.3) is 0 Å². The predicted octanol–water partition coefficient (Wildman–Crippen LogP) is 6.10. The zero-order valence-electron chi connectivity index (χ0n) is 14.3. The Kier molecular flexibility index (Phi) is 6.25. The van der Waals surface area contributed by atoms with Gasteiger partial charge in [-0.3, -0.25) is 0 Å². The van der Waals surface area contributed by atoms with Crippen LogP contribution in [0.25, 0.3) is 10.6 Å². The Bertz CT molecular complexity index is 878. The second kappa shape index (κ2) is 8.62. The van der Waals surface area contributed by atoms with Crippen LogP contribution in [0.3, 0.4) is 0 Å². The number of thiazole rings is 1. The molecule has 0 bridgehead atoms. The van der Waals surface area contributed by atoms with Crippen molar-refractivity contribution in [1.82, 2.24) is 4.98 Å². The molecule has 0 aliphatic heterocycles. The number of ether oxygens (including phenoxy) is 3. The summed E-state index contributed by atoms with van der Waals surface area (Å²) in [6.07, 6.45) is 0. The standard InChI is InChI=1S/C19H17Cl2NO3S/c1-3-24-17-5-4-12(6-18(17)23-2)19-22-15(11-26-19)10-25-16-8-13(20)7-14(21)9-16/h4-9,11H,3,10H2,1-2H3. The van der Waals surface area contributed by atoms with Gasteiger partial charge in [-0.2, -0.15) is 0 Å². The first-order chi connectivity index (χ1) is 12.6. The minimum absolute atomic E-state index is 0.335. The van der Waals surface area contributed by atoms with Crippen LogP contribution in [0.2, 0.25) is 10.0 Å². The number of hydrogen-bond donors (Lipinski definition) is 0. The Labute approximate surface area is 166 Å². The zero-order valence-corrected chi connectivity index (χ0v) is 16.6. The molecule has 26 heavy (non-hydrogen) atoms. The van der Waals surface area contributed by atoms with Crippen LogP contribution in [0.15, 0.2) is 41.8 Å². The molecule has 1 aromatic heterocycles. The number of halogens is 2. The lowest BCUT2D eigenvalue weighted by Gasteiger charge is -2.10. The summed E-state index contributed by atoms with van der Waals surface area (Å²) in [7, 11) is 1.62. The lowest BCUT2D eigenvalue weighted by atomic mass is 10.2. The Hall–Kier alpha value is -1.95. The third-order valence-corrected chi connectivity index (χ3v) is 4.86. The van der Waals surface area contributed by atoms with E-state index >= 15 is 0 Å². The fourth-order valence-corrected chi connectivity index (χ4v) is 3.66. The summed E-state index contributed by atoms with van der Waals surface area (Å²) < 4.78 is 16.7. The number of rotatable bonds is 7. The van der Waals surface area contributed by atoms with Gasteiger partial charge in [-0.15, -0.1) is 11.3 Å². The number of methoxy groups -OCH3 is 1. The Balaban J connectivity index is 1.73. The molecule has 0 radical (unpaired) electrons. The summed E-state index contributed by atoms with van der Waals surface area (Å²) in [6.45, 7) is 2.86. The van der Waals surface area contributed by atoms with Crippen molar-refractivity contribution in [3.63, 3.8) is 0 Å². The van der Waals surface area contributed by atoms with Crippen LogP contribution < -0.4 is 14.2 Å². The number of aromatic nitrogens is 1. The van der Waals surface area contributed by atoms with Crippen LogP contribution in [-0.2, 0) is 6.61 Å². The summed E-state index contributed by atoms with van der Waals surface area (Å²) >= 11 is 13.5. The van der Waals surface area contributed by atoms with Crippen molar-refractivity contribution in [2.75, 3.05) is 13.7 Å². The molecule has 0 fully saturated rings. The topological polar surface area (TPSA) is 40.6 Å². The van der Waals surface area contributed by atoms with E-state index < -0.39 is 0 Å². The van der Waals surface area contributed by atoms with E-state index in [-0.39, 0.29) is 0 Å². The second-order valence-corrected chi connectivity index (χ2v) is 7.07. The average Bonchev–Trinajstić information content (AvgIpc) is 3.09. The highest BCUT2D eigenvalue weighted by Crippen LogP contribution is 2.34. The molecule has 4 nitrogen and oxygen atoms in total. The van der Waals surface area contributed by atoms with Crippen LogP contribution in [0.5, 0.6) is 17.2 Å².